The summed E-state index contributed by atoms with van der Waals surface area (Å²) in [6.45, 7) is 18.1. The molecule has 34 heteroatoms. The van der Waals surface area contributed by atoms with Crippen LogP contribution in [0.4, 0.5) is 22.5 Å². The number of rotatable bonds is 23. The molecule has 0 radical (unpaired) electrons. The fourth-order valence-corrected chi connectivity index (χ4v) is 19.2. The van der Waals surface area contributed by atoms with E-state index < -0.39 is 81.8 Å². The molecule has 702 valence electrons. The van der Waals surface area contributed by atoms with E-state index in [9.17, 15) is 56.7 Å². The summed E-state index contributed by atoms with van der Waals surface area (Å²) in [5.41, 5.74) is 11.4. The van der Waals surface area contributed by atoms with Crippen molar-refractivity contribution in [2.45, 2.75) is 211 Å². The number of aliphatic hydroxyl groups excluding tert-OH is 1. The Bertz CT molecular complexity index is 4970. The van der Waals surface area contributed by atoms with E-state index in [0.29, 0.717) is 188 Å². The summed E-state index contributed by atoms with van der Waals surface area (Å²) in [6, 6.07) is 12.8. The number of piperidine rings is 1. The number of hydrogen-bond donors (Lipinski definition) is 4. The second kappa shape index (κ2) is 47.4. The minimum atomic E-state index is -3.86. The number of Topliss-reactive ketones (excluding diaryl/α,β-unsaturated/α-hetero) is 3. The van der Waals surface area contributed by atoms with E-state index in [1.54, 1.807) is 63.5 Å². The molecule has 33 nitrogen and oxygen atoms in total. The maximum absolute atomic E-state index is 14.5. The standard InChI is InChI=1S/C96H128N14O19S/c1-62-15-10-9-11-16-63(2)83(123-7)54-75-17-14-19-82(127-75)88(115)92(118)110-34-13-12-18-79(110)93(119)128-76(53-80(111)65(4)50-67(6)87(114)89(124-8)86(113)66(5)49-62)27-22-68-20-25-74(26-21-68)129-96(120)104-57-69-55-100-94(101-56-69)108-41-39-106(40-42-108)85(112)32-45-125-46-43-105-35-37-107(38-36-105)95-102-59-73(60-103-95)90(116)98-33-48-130(121,122)77-28-29-78(64(3)51-77)91(117)109-44-47-126-81-30-23-70(52-72(81)61-109)71-24-31-84(97)99-58-71/h9-11,15-16,23-24,28-31,50-52,55-56,58-60,62,65-66,68,74-76,79,82-83,87,89,114H,12-14,17-22,25-27,32-49,53-54,57,61H2,1-8H3,(H2,97,99)(H,98,116)(H,104,120)/b11-9?,15-10+,63-16?,67-50+/t62-,65-,66-,68?,74?,75?,76-,79+,82?,83+,87-,89+/m1/s1. The number of alkyl carbamates (subject to hydrolysis) is 1. The van der Waals surface area contributed by atoms with Gasteiger partial charge < -0.3 is 79.1 Å². The number of nitrogen functional groups attached to an aromatic ring is 1. The van der Waals surface area contributed by atoms with Gasteiger partial charge in [-0.3, -0.25) is 38.5 Å². The van der Waals surface area contributed by atoms with Gasteiger partial charge in [-0.25, -0.2) is 42.9 Å². The zero-order valence-electron chi connectivity index (χ0n) is 76.1. The number of anilines is 3. The summed E-state index contributed by atoms with van der Waals surface area (Å²) in [6.07, 6.45) is 20.8. The number of nitrogens with one attached hydrogen (secondary N) is 2. The number of ketones is 3. The molecule has 4 saturated heterocycles. The second-order valence-electron chi connectivity index (χ2n) is 35.4. The van der Waals surface area contributed by atoms with Gasteiger partial charge in [0.05, 0.1) is 54.6 Å². The molecule has 12 rings (SSSR count). The molecule has 1 saturated carbocycles. The Kier molecular flexibility index (Phi) is 35.8. The number of amides is 5. The van der Waals surface area contributed by atoms with Gasteiger partial charge in [-0.2, -0.15) is 0 Å². The molecule has 6 aliphatic heterocycles. The number of fused-ring (bicyclic) bond motifs is 4. The van der Waals surface area contributed by atoms with Crippen LogP contribution in [0.15, 0.2) is 132 Å². The van der Waals surface area contributed by atoms with Gasteiger partial charge in [0.1, 0.15) is 60.5 Å². The lowest BCUT2D eigenvalue weighted by Gasteiger charge is -2.36. The van der Waals surface area contributed by atoms with Gasteiger partial charge in [-0.15, -0.1) is 0 Å². The number of carbonyl (C=O) groups is 9. The number of aliphatic hydroxyl groups is 1. The number of esters is 1. The molecule has 2 aromatic carbocycles. The number of nitrogens with zero attached hydrogens (tertiary/aromatic N) is 11. The highest BCUT2D eigenvalue weighted by molar-refractivity contribution is 7.91. The number of allylic oxidation sites excluding steroid dienone is 6. The third kappa shape index (κ3) is 27.2. The van der Waals surface area contributed by atoms with E-state index in [1.807, 2.05) is 90.1 Å². The molecular weight excluding hydrogens is 1690 g/mol. The zero-order valence-corrected chi connectivity index (χ0v) is 77.0. The van der Waals surface area contributed by atoms with Gasteiger partial charge in [-0.1, -0.05) is 63.3 Å². The lowest BCUT2D eigenvalue weighted by molar-refractivity contribution is -0.167. The highest BCUT2D eigenvalue weighted by Gasteiger charge is 2.43. The second-order valence-corrected chi connectivity index (χ2v) is 37.5. The van der Waals surface area contributed by atoms with E-state index in [1.165, 1.54) is 42.6 Å². The molecule has 10 atom stereocenters. The molecule has 130 heavy (non-hydrogen) atoms. The number of aryl methyl sites for hydroxylation is 1. The average Bonchev–Trinajstić information content (AvgIpc) is 1.34. The number of aromatic nitrogens is 5. The highest BCUT2D eigenvalue weighted by Crippen LogP contribution is 2.36. The van der Waals surface area contributed by atoms with Crippen molar-refractivity contribution in [3.63, 3.8) is 0 Å². The molecular formula is C96H128N14O19S. The predicted molar refractivity (Wildman–Crippen MR) is 487 cm³/mol. The summed E-state index contributed by atoms with van der Waals surface area (Å²) in [4.78, 5) is 158. The summed E-state index contributed by atoms with van der Waals surface area (Å²) in [7, 11) is -0.853. The molecule has 5 amide bonds. The number of methoxy groups -OCH3 is 2. The van der Waals surface area contributed by atoms with Crippen molar-refractivity contribution in [3.05, 3.63) is 155 Å². The molecule has 5 fully saturated rings. The Morgan fingerprint density at radius 3 is 2.12 bits per heavy atom. The van der Waals surface area contributed by atoms with Crippen molar-refractivity contribution in [1.29, 1.82) is 0 Å². The van der Waals surface area contributed by atoms with Crippen LogP contribution in [-0.4, -0.2) is 278 Å². The van der Waals surface area contributed by atoms with Crippen LogP contribution in [0.1, 0.15) is 175 Å². The zero-order chi connectivity index (χ0) is 92.5. The average molecular weight is 1810 g/mol. The lowest BCUT2D eigenvalue weighted by Crippen LogP contribution is -2.54. The van der Waals surface area contributed by atoms with Crippen molar-refractivity contribution >= 4 is 80.6 Å². The molecule has 1 aliphatic carbocycles. The maximum Gasteiger partial charge on any atom is 0.407 e. The minimum Gasteiger partial charge on any atom is -0.491 e. The van der Waals surface area contributed by atoms with Crippen molar-refractivity contribution in [2.24, 2.45) is 23.7 Å². The first-order valence-corrected chi connectivity index (χ1v) is 47.5. The number of piperazine rings is 2. The quantitative estimate of drug-likeness (QED) is 0.0205. The molecule has 7 aliphatic rings. The Labute approximate surface area is 762 Å². The number of carbonyl (C=O) groups excluding carboxylic acids is 9. The lowest BCUT2D eigenvalue weighted by atomic mass is 9.83. The summed E-state index contributed by atoms with van der Waals surface area (Å²) in [5.74, 6) is -2.88. The van der Waals surface area contributed by atoms with E-state index in [-0.39, 0.29) is 128 Å². The van der Waals surface area contributed by atoms with Crippen LogP contribution in [0.25, 0.3) is 11.1 Å². The Morgan fingerprint density at radius 2 is 1.42 bits per heavy atom. The maximum atomic E-state index is 14.5. The number of nitrogens with two attached hydrogens (primary N) is 1. The molecule has 2 bridgehead atoms. The van der Waals surface area contributed by atoms with Gasteiger partial charge in [-0.05, 0) is 181 Å². The van der Waals surface area contributed by atoms with Crippen molar-refractivity contribution < 1.29 is 89.8 Å². The Morgan fingerprint density at radius 1 is 0.692 bits per heavy atom. The number of ether oxygens (including phenoxy) is 7. The number of benzene rings is 2. The van der Waals surface area contributed by atoms with Crippen molar-refractivity contribution in [2.75, 3.05) is 134 Å². The third-order valence-corrected chi connectivity index (χ3v) is 27.6. The Hall–Kier alpha value is -10.8. The Balaban J connectivity index is 0.527. The van der Waals surface area contributed by atoms with Gasteiger partial charge in [0.25, 0.3) is 17.7 Å². The highest BCUT2D eigenvalue weighted by atomic mass is 32.2. The van der Waals surface area contributed by atoms with E-state index >= 15 is 0 Å². The molecule has 9 heterocycles. The fraction of sp³-hybridized carbons (Fsp3) is 0.562. The summed E-state index contributed by atoms with van der Waals surface area (Å²) >= 11 is 0. The third-order valence-electron chi connectivity index (χ3n) is 25.9. The van der Waals surface area contributed by atoms with Crippen LogP contribution in [-0.2, 0) is 80.1 Å². The summed E-state index contributed by atoms with van der Waals surface area (Å²) < 4.78 is 69.1. The van der Waals surface area contributed by atoms with E-state index in [2.05, 4.69) is 40.5 Å². The minimum absolute atomic E-state index is 0.000651. The number of cyclic esters (lactones) is 1. The molecule has 5 N–H and O–H groups in total. The first kappa shape index (κ1) is 98.3. The normalized spacial score (nSPS) is 25.5. The van der Waals surface area contributed by atoms with Crippen LogP contribution in [0.3, 0.4) is 0 Å². The van der Waals surface area contributed by atoms with Gasteiger partial charge in [0.2, 0.25) is 23.6 Å². The number of hydrogen-bond acceptors (Lipinski definition) is 28. The van der Waals surface area contributed by atoms with Crippen molar-refractivity contribution in [1.82, 2.24) is 55.2 Å². The monoisotopic (exact) mass is 1810 g/mol. The van der Waals surface area contributed by atoms with Gasteiger partial charge in [0, 0.05) is 177 Å². The predicted octanol–water partition coefficient (Wildman–Crippen LogP) is 9.33. The van der Waals surface area contributed by atoms with E-state index in [4.69, 9.17) is 38.9 Å². The van der Waals surface area contributed by atoms with Gasteiger partial charge >= 0.3 is 12.1 Å². The topological polar surface area (TPSA) is 407 Å². The fourth-order valence-electron chi connectivity index (χ4n) is 18.0. The molecule has 3 aromatic heterocycles. The van der Waals surface area contributed by atoms with Crippen LogP contribution in [0.5, 0.6) is 5.75 Å². The number of sulfone groups is 1. The van der Waals surface area contributed by atoms with Crippen LogP contribution >= 0.6 is 0 Å². The largest absolute Gasteiger partial charge is 0.491 e. The summed E-state index contributed by atoms with van der Waals surface area (Å²) in [5, 5.41) is 17.1. The molecule has 5 aromatic rings. The molecule has 0 spiro atoms. The van der Waals surface area contributed by atoms with Gasteiger partial charge in [0.15, 0.2) is 15.6 Å². The van der Waals surface area contributed by atoms with Crippen LogP contribution in [0.2, 0.25) is 0 Å². The first-order valence-electron chi connectivity index (χ1n) is 45.8. The van der Waals surface area contributed by atoms with Crippen LogP contribution in [0, 0.1) is 30.6 Å². The smallest absolute Gasteiger partial charge is 0.407 e. The first-order chi connectivity index (χ1) is 62.6. The SMILES string of the molecule is CO[C@H]1CC2CCCC(O2)C(=O)C(=O)N2CCCC[C@H]2C(=O)O[C@H](CCC2CCC(OC(=O)NCc3cnc(N4CCN(C(=O)CCOCCN5CCN(c6ncc(C(=O)NCCS(=O)(=O)c7ccc(C(=O)N8CCOc9ccc(-c%10ccc(N)nc%10)cc9C8)c(C)c7)cn6)CC5)CC4)nc3)CC2)CC(=O)[C@H](C)/C=C(\C)[C@@H](O)[C@@H](OC)C(=O)[C@H](C)C[C@H](C)/C=C/C=CC=C1C. The van der Waals surface area contributed by atoms with Crippen LogP contribution < -0.4 is 30.9 Å². The number of pyridine rings is 1. The molecule has 2 unspecified atom stereocenters. The van der Waals surface area contributed by atoms with Crippen molar-refractivity contribution in [3.8, 4) is 16.9 Å². The van der Waals surface area contributed by atoms with E-state index in [0.717, 1.165) is 35.4 Å².